The van der Waals surface area contributed by atoms with E-state index in [2.05, 4.69) is 35.2 Å². The van der Waals surface area contributed by atoms with Crippen LogP contribution < -0.4 is 9.47 Å². The van der Waals surface area contributed by atoms with Gasteiger partial charge < -0.3 is 14.2 Å². The van der Waals surface area contributed by atoms with Gasteiger partial charge in [-0.1, -0.05) is 36.4 Å². The van der Waals surface area contributed by atoms with E-state index < -0.39 is 0 Å². The molecule has 2 aromatic carbocycles. The molecule has 2 heterocycles. The lowest BCUT2D eigenvalue weighted by Gasteiger charge is -2.28. The van der Waals surface area contributed by atoms with Gasteiger partial charge in [0.2, 0.25) is 0 Å². The number of aromatic nitrogens is 2. The molecular formula is C27H33N3O4. The largest absolute Gasteiger partial charge is 0.493 e. The third-order valence-corrected chi connectivity index (χ3v) is 6.21. The molecule has 1 aliphatic rings. The van der Waals surface area contributed by atoms with E-state index in [4.69, 9.17) is 19.3 Å². The second kappa shape index (κ2) is 11.2. The van der Waals surface area contributed by atoms with E-state index in [1.807, 2.05) is 29.8 Å². The molecule has 180 valence electrons. The Hall–Kier alpha value is -3.32. The van der Waals surface area contributed by atoms with Gasteiger partial charge in [-0.05, 0) is 43.0 Å². The quantitative estimate of drug-likeness (QED) is 0.419. The van der Waals surface area contributed by atoms with E-state index >= 15 is 0 Å². The van der Waals surface area contributed by atoms with E-state index in [0.29, 0.717) is 24.6 Å². The number of nitrogens with zero attached hydrogens (tertiary/aromatic N) is 3. The van der Waals surface area contributed by atoms with E-state index in [-0.39, 0.29) is 5.97 Å². The molecule has 0 bridgehead atoms. The van der Waals surface area contributed by atoms with E-state index in [9.17, 15) is 4.79 Å². The van der Waals surface area contributed by atoms with Crippen molar-refractivity contribution in [2.75, 3.05) is 27.4 Å². The first-order valence-corrected chi connectivity index (χ1v) is 11.9. The van der Waals surface area contributed by atoms with Gasteiger partial charge in [0, 0.05) is 43.9 Å². The number of hydrogen-bond acceptors (Lipinski definition) is 6. The Balaban J connectivity index is 1.50. The Bertz CT molecular complexity index is 1110. The number of esters is 1. The lowest BCUT2D eigenvalue weighted by Crippen LogP contribution is -2.31. The fraction of sp³-hybridized carbons (Fsp3) is 0.407. The van der Waals surface area contributed by atoms with Crippen LogP contribution in [0.25, 0.3) is 0 Å². The van der Waals surface area contributed by atoms with Crippen LogP contribution >= 0.6 is 0 Å². The third kappa shape index (κ3) is 5.42. The molecule has 0 amide bonds. The van der Waals surface area contributed by atoms with Gasteiger partial charge in [0.25, 0.3) is 0 Å². The van der Waals surface area contributed by atoms with Gasteiger partial charge in [0.1, 0.15) is 0 Å². The maximum atomic E-state index is 12.7. The lowest BCUT2D eigenvalue weighted by molar-refractivity contribution is 0.0515. The summed E-state index contributed by atoms with van der Waals surface area (Å²) in [5, 5.41) is 4.71. The highest BCUT2D eigenvalue weighted by Crippen LogP contribution is 2.30. The van der Waals surface area contributed by atoms with Crippen LogP contribution in [0.15, 0.2) is 48.5 Å². The first-order valence-electron chi connectivity index (χ1n) is 11.9. The second-order valence-electron chi connectivity index (χ2n) is 8.46. The van der Waals surface area contributed by atoms with Crippen molar-refractivity contribution in [2.45, 2.75) is 45.8 Å². The zero-order valence-electron chi connectivity index (χ0n) is 20.3. The zero-order chi connectivity index (χ0) is 23.9. The molecule has 4 rings (SSSR count). The fourth-order valence-corrected chi connectivity index (χ4v) is 4.54. The average Bonchev–Trinajstić information content (AvgIpc) is 3.22. The van der Waals surface area contributed by atoms with E-state index in [0.717, 1.165) is 61.5 Å². The van der Waals surface area contributed by atoms with Crippen molar-refractivity contribution in [1.82, 2.24) is 14.7 Å². The van der Waals surface area contributed by atoms with E-state index in [1.54, 1.807) is 14.2 Å². The molecule has 1 aliphatic heterocycles. The summed E-state index contributed by atoms with van der Waals surface area (Å²) in [5.41, 5.74) is 5.04. The van der Waals surface area contributed by atoms with Crippen LogP contribution in [0, 0.1) is 0 Å². The number of methoxy groups -OCH3 is 2. The maximum absolute atomic E-state index is 12.7. The number of aryl methyl sites for hydroxylation is 2. The third-order valence-electron chi connectivity index (χ3n) is 6.21. The first kappa shape index (κ1) is 23.8. The predicted octanol–water partition coefficient (Wildman–Crippen LogP) is 4.27. The van der Waals surface area contributed by atoms with Crippen LogP contribution in [0.5, 0.6) is 11.5 Å². The lowest BCUT2D eigenvalue weighted by atomic mass is 10.0. The SMILES string of the molecule is CCOC(=O)c1nn(CCCc2ccccc2)c2c1CN(Cc1ccc(OC)c(OC)c1)CC2. The molecule has 34 heavy (non-hydrogen) atoms. The zero-order valence-corrected chi connectivity index (χ0v) is 20.3. The molecule has 0 radical (unpaired) electrons. The van der Waals surface area contributed by atoms with Crippen molar-refractivity contribution >= 4 is 5.97 Å². The van der Waals surface area contributed by atoms with Crippen LogP contribution in [0.2, 0.25) is 0 Å². The summed E-state index contributed by atoms with van der Waals surface area (Å²) in [6.07, 6.45) is 2.80. The molecular weight excluding hydrogens is 430 g/mol. The van der Waals surface area contributed by atoms with Crippen LogP contribution in [-0.4, -0.2) is 48.0 Å². The molecule has 3 aromatic rings. The summed E-state index contributed by atoms with van der Waals surface area (Å²) in [6, 6.07) is 16.5. The van der Waals surface area contributed by atoms with Gasteiger partial charge in [-0.2, -0.15) is 5.10 Å². The van der Waals surface area contributed by atoms with Crippen molar-refractivity contribution in [2.24, 2.45) is 0 Å². The molecule has 0 atom stereocenters. The molecule has 0 fully saturated rings. The van der Waals surface area contributed by atoms with Gasteiger partial charge in [-0.3, -0.25) is 9.58 Å². The first-order chi connectivity index (χ1) is 16.6. The van der Waals surface area contributed by atoms with Crippen molar-refractivity contribution in [3.8, 4) is 11.5 Å². The molecule has 1 aromatic heterocycles. The van der Waals surface area contributed by atoms with Crippen molar-refractivity contribution in [3.63, 3.8) is 0 Å². The minimum atomic E-state index is -0.339. The summed E-state index contributed by atoms with van der Waals surface area (Å²) >= 11 is 0. The molecule has 0 saturated carbocycles. The summed E-state index contributed by atoms with van der Waals surface area (Å²) in [7, 11) is 3.28. The maximum Gasteiger partial charge on any atom is 0.359 e. The topological polar surface area (TPSA) is 65.8 Å². The summed E-state index contributed by atoms with van der Waals surface area (Å²) in [6.45, 7) is 5.26. The fourth-order valence-electron chi connectivity index (χ4n) is 4.54. The molecule has 0 unspecified atom stereocenters. The molecule has 0 aliphatic carbocycles. The molecule has 0 spiro atoms. The highest BCUT2D eigenvalue weighted by atomic mass is 16.5. The van der Waals surface area contributed by atoms with Crippen LogP contribution in [0.3, 0.4) is 0 Å². The monoisotopic (exact) mass is 463 g/mol. The number of benzene rings is 2. The van der Waals surface area contributed by atoms with E-state index in [1.165, 1.54) is 5.56 Å². The number of hydrogen-bond donors (Lipinski definition) is 0. The Morgan fingerprint density at radius 3 is 2.56 bits per heavy atom. The highest BCUT2D eigenvalue weighted by Gasteiger charge is 2.29. The van der Waals surface area contributed by atoms with Crippen molar-refractivity contribution in [1.29, 1.82) is 0 Å². The Kier molecular flexibility index (Phi) is 7.85. The summed E-state index contributed by atoms with van der Waals surface area (Å²) < 4.78 is 18.2. The minimum absolute atomic E-state index is 0.337. The summed E-state index contributed by atoms with van der Waals surface area (Å²) in [5.74, 6) is 1.10. The minimum Gasteiger partial charge on any atom is -0.493 e. The van der Waals surface area contributed by atoms with Crippen molar-refractivity contribution in [3.05, 3.63) is 76.6 Å². The number of carbonyl (C=O) groups excluding carboxylic acids is 1. The number of rotatable bonds is 10. The normalized spacial score (nSPS) is 13.4. The predicted molar refractivity (Wildman–Crippen MR) is 130 cm³/mol. The molecule has 0 N–H and O–H groups in total. The standard InChI is InChI=1S/C27H33N3O4/c1-4-34-27(31)26-22-19-29(18-21-12-13-24(32-2)25(17-21)33-3)16-14-23(22)30(28-26)15-8-11-20-9-6-5-7-10-20/h5-7,9-10,12-13,17H,4,8,11,14-16,18-19H2,1-3H3. The highest BCUT2D eigenvalue weighted by molar-refractivity contribution is 5.89. The van der Waals surface area contributed by atoms with Gasteiger partial charge in [-0.15, -0.1) is 0 Å². The van der Waals surface area contributed by atoms with Gasteiger partial charge in [0.05, 0.1) is 20.8 Å². The molecule has 7 heteroatoms. The van der Waals surface area contributed by atoms with Gasteiger partial charge in [0.15, 0.2) is 17.2 Å². The average molecular weight is 464 g/mol. The van der Waals surface area contributed by atoms with Crippen LogP contribution in [-0.2, 0) is 37.2 Å². The Morgan fingerprint density at radius 1 is 1.03 bits per heavy atom. The van der Waals surface area contributed by atoms with Crippen molar-refractivity contribution < 1.29 is 19.0 Å². The van der Waals surface area contributed by atoms with Crippen LogP contribution in [0.4, 0.5) is 0 Å². The number of carbonyl (C=O) groups is 1. The van der Waals surface area contributed by atoms with Gasteiger partial charge >= 0.3 is 5.97 Å². The Morgan fingerprint density at radius 2 is 1.82 bits per heavy atom. The summed E-state index contributed by atoms with van der Waals surface area (Å²) in [4.78, 5) is 15.0. The van der Waals surface area contributed by atoms with Gasteiger partial charge in [-0.25, -0.2) is 4.79 Å². The second-order valence-corrected chi connectivity index (χ2v) is 8.46. The number of fused-ring (bicyclic) bond motifs is 1. The Labute approximate surface area is 201 Å². The smallest absolute Gasteiger partial charge is 0.359 e. The number of ether oxygens (including phenoxy) is 3. The molecule has 0 saturated heterocycles. The molecule has 7 nitrogen and oxygen atoms in total. The van der Waals surface area contributed by atoms with Crippen LogP contribution in [0.1, 0.15) is 46.2 Å².